The lowest BCUT2D eigenvalue weighted by molar-refractivity contribution is -0.168. The highest BCUT2D eigenvalue weighted by molar-refractivity contribution is 5.81. The van der Waals surface area contributed by atoms with E-state index in [1.165, 1.54) is 14.2 Å². The van der Waals surface area contributed by atoms with Crippen LogP contribution in [0.5, 0.6) is 0 Å². The third-order valence-corrected chi connectivity index (χ3v) is 2.60. The van der Waals surface area contributed by atoms with Crippen LogP contribution in [0.4, 0.5) is 0 Å². The quantitative estimate of drug-likeness (QED) is 0.711. The maximum absolute atomic E-state index is 11.7. The van der Waals surface area contributed by atoms with Crippen molar-refractivity contribution in [2.75, 3.05) is 14.2 Å². The zero-order chi connectivity index (χ0) is 11.3. The number of ether oxygens (including phenoxy) is 2. The van der Waals surface area contributed by atoms with Crippen LogP contribution >= 0.6 is 0 Å². The van der Waals surface area contributed by atoms with E-state index in [0.29, 0.717) is 6.42 Å². The van der Waals surface area contributed by atoms with Crippen LogP contribution in [0.2, 0.25) is 0 Å². The summed E-state index contributed by atoms with van der Waals surface area (Å²) in [4.78, 5) is 11.7. The highest BCUT2D eigenvalue weighted by Crippen LogP contribution is 2.29. The molecule has 15 heavy (non-hydrogen) atoms. The molecule has 0 N–H and O–H groups in total. The van der Waals surface area contributed by atoms with Crippen molar-refractivity contribution in [3.8, 4) is 0 Å². The van der Waals surface area contributed by atoms with E-state index in [9.17, 15) is 4.79 Å². The van der Waals surface area contributed by atoms with Gasteiger partial charge in [0.05, 0.1) is 7.11 Å². The van der Waals surface area contributed by atoms with E-state index in [0.717, 1.165) is 5.56 Å². The largest absolute Gasteiger partial charge is 0.467 e. The minimum Gasteiger partial charge on any atom is -0.467 e. The van der Waals surface area contributed by atoms with Crippen molar-refractivity contribution in [2.45, 2.75) is 18.9 Å². The predicted octanol–water partition coefficient (Wildman–Crippen LogP) is 2.11. The third-order valence-electron chi connectivity index (χ3n) is 2.60. The van der Waals surface area contributed by atoms with Crippen molar-refractivity contribution in [3.05, 3.63) is 35.9 Å². The Bertz CT molecular complexity index is 315. The number of esters is 1. The number of hydrogen-bond donors (Lipinski definition) is 0. The lowest BCUT2D eigenvalue weighted by atomic mass is 9.91. The molecule has 1 aromatic carbocycles. The van der Waals surface area contributed by atoms with Crippen LogP contribution in [0.15, 0.2) is 30.3 Å². The molecule has 82 valence electrons. The Hall–Kier alpha value is -1.35. The summed E-state index contributed by atoms with van der Waals surface area (Å²) in [5.41, 5.74) is -0.155. The lowest BCUT2D eigenvalue weighted by Gasteiger charge is -2.28. The van der Waals surface area contributed by atoms with Crippen molar-refractivity contribution >= 4 is 5.97 Å². The monoisotopic (exact) mass is 208 g/mol. The van der Waals surface area contributed by atoms with E-state index in [-0.39, 0.29) is 5.97 Å². The Morgan fingerprint density at radius 3 is 2.27 bits per heavy atom. The van der Waals surface area contributed by atoms with E-state index in [4.69, 9.17) is 9.47 Å². The molecule has 0 aliphatic rings. The molecule has 0 aliphatic heterocycles. The molecule has 0 aliphatic carbocycles. The van der Waals surface area contributed by atoms with E-state index >= 15 is 0 Å². The Morgan fingerprint density at radius 2 is 1.87 bits per heavy atom. The van der Waals surface area contributed by atoms with Gasteiger partial charge >= 0.3 is 5.97 Å². The molecule has 0 radical (unpaired) electrons. The lowest BCUT2D eigenvalue weighted by Crippen LogP contribution is -2.38. The second kappa shape index (κ2) is 4.94. The standard InChI is InChI=1S/C12H16O3/c1-4-12(15-3,11(13)14-2)10-8-6-5-7-9-10/h5-9H,4H2,1-3H3. The van der Waals surface area contributed by atoms with Crippen LogP contribution < -0.4 is 0 Å². The van der Waals surface area contributed by atoms with Gasteiger partial charge in [-0.25, -0.2) is 4.79 Å². The number of rotatable bonds is 4. The van der Waals surface area contributed by atoms with E-state index in [1.807, 2.05) is 37.3 Å². The first kappa shape index (κ1) is 11.7. The molecule has 0 heterocycles. The molecule has 3 heteroatoms. The van der Waals surface area contributed by atoms with Crippen LogP contribution in [0, 0.1) is 0 Å². The summed E-state index contributed by atoms with van der Waals surface area (Å²) in [6, 6.07) is 9.38. The smallest absolute Gasteiger partial charge is 0.342 e. The summed E-state index contributed by atoms with van der Waals surface area (Å²) in [5, 5.41) is 0. The molecule has 0 saturated carbocycles. The second-order valence-electron chi connectivity index (χ2n) is 3.24. The van der Waals surface area contributed by atoms with E-state index < -0.39 is 5.60 Å². The predicted molar refractivity (Wildman–Crippen MR) is 57.4 cm³/mol. The number of benzene rings is 1. The van der Waals surface area contributed by atoms with Gasteiger partial charge in [-0.3, -0.25) is 0 Å². The molecular weight excluding hydrogens is 192 g/mol. The number of hydrogen-bond acceptors (Lipinski definition) is 3. The third kappa shape index (κ3) is 2.02. The highest BCUT2D eigenvalue weighted by atomic mass is 16.6. The molecule has 0 fully saturated rings. The van der Waals surface area contributed by atoms with Gasteiger partial charge in [0, 0.05) is 7.11 Å². The molecule has 0 aromatic heterocycles. The highest BCUT2D eigenvalue weighted by Gasteiger charge is 2.39. The Labute approximate surface area is 90.0 Å². The summed E-state index contributed by atoms with van der Waals surface area (Å²) < 4.78 is 10.1. The van der Waals surface area contributed by atoms with Crippen LogP contribution in [-0.2, 0) is 19.9 Å². The van der Waals surface area contributed by atoms with Gasteiger partial charge in [-0.15, -0.1) is 0 Å². The molecule has 0 bridgehead atoms. The summed E-state index contributed by atoms with van der Waals surface area (Å²) in [6.45, 7) is 1.90. The number of methoxy groups -OCH3 is 2. The van der Waals surface area contributed by atoms with Gasteiger partial charge < -0.3 is 9.47 Å². The molecule has 0 saturated heterocycles. The fourth-order valence-electron chi connectivity index (χ4n) is 1.68. The maximum Gasteiger partial charge on any atom is 0.342 e. The van der Waals surface area contributed by atoms with Crippen LogP contribution in [0.25, 0.3) is 0 Å². The first-order valence-electron chi connectivity index (χ1n) is 4.90. The summed E-state index contributed by atoms with van der Waals surface area (Å²) >= 11 is 0. The Balaban J connectivity index is 3.17. The Morgan fingerprint density at radius 1 is 1.27 bits per heavy atom. The van der Waals surface area contributed by atoms with Crippen molar-refractivity contribution in [3.63, 3.8) is 0 Å². The van der Waals surface area contributed by atoms with Gasteiger partial charge in [0.2, 0.25) is 0 Å². The van der Waals surface area contributed by atoms with Gasteiger partial charge in [-0.2, -0.15) is 0 Å². The summed E-state index contributed by atoms with van der Waals surface area (Å²) in [7, 11) is 2.89. The molecule has 1 atom stereocenters. The fraction of sp³-hybridized carbons (Fsp3) is 0.417. The second-order valence-corrected chi connectivity index (χ2v) is 3.24. The summed E-state index contributed by atoms with van der Waals surface area (Å²) in [6.07, 6.45) is 0.542. The van der Waals surface area contributed by atoms with E-state index in [1.54, 1.807) is 0 Å². The molecule has 1 unspecified atom stereocenters. The topological polar surface area (TPSA) is 35.5 Å². The van der Waals surface area contributed by atoms with Crippen LogP contribution in [0.3, 0.4) is 0 Å². The molecule has 3 nitrogen and oxygen atoms in total. The van der Waals surface area contributed by atoms with Crippen LogP contribution in [0.1, 0.15) is 18.9 Å². The minimum absolute atomic E-state index is 0.362. The minimum atomic E-state index is -0.976. The van der Waals surface area contributed by atoms with Crippen molar-refractivity contribution < 1.29 is 14.3 Å². The SMILES string of the molecule is CCC(OC)(C(=O)OC)c1ccccc1. The zero-order valence-corrected chi connectivity index (χ0v) is 9.32. The van der Waals surface area contributed by atoms with Gasteiger partial charge in [0.25, 0.3) is 0 Å². The molecule has 1 aromatic rings. The zero-order valence-electron chi connectivity index (χ0n) is 9.32. The van der Waals surface area contributed by atoms with Gasteiger partial charge in [0.1, 0.15) is 0 Å². The molecule has 0 amide bonds. The maximum atomic E-state index is 11.7. The Kier molecular flexibility index (Phi) is 3.86. The average molecular weight is 208 g/mol. The number of carbonyl (C=O) groups is 1. The van der Waals surface area contributed by atoms with E-state index in [2.05, 4.69) is 0 Å². The summed E-state index contributed by atoms with van der Waals surface area (Å²) in [5.74, 6) is -0.362. The normalized spacial score (nSPS) is 14.3. The van der Waals surface area contributed by atoms with Gasteiger partial charge in [-0.1, -0.05) is 37.3 Å². The first-order chi connectivity index (χ1) is 7.21. The first-order valence-corrected chi connectivity index (χ1v) is 4.90. The molecule has 1 rings (SSSR count). The average Bonchev–Trinajstić information content (AvgIpc) is 2.32. The van der Waals surface area contributed by atoms with Crippen molar-refractivity contribution in [1.29, 1.82) is 0 Å². The van der Waals surface area contributed by atoms with Gasteiger partial charge in [0.15, 0.2) is 5.60 Å². The van der Waals surface area contributed by atoms with Crippen molar-refractivity contribution in [2.24, 2.45) is 0 Å². The fourth-order valence-corrected chi connectivity index (χ4v) is 1.68. The molecule has 0 spiro atoms. The van der Waals surface area contributed by atoms with Crippen LogP contribution in [-0.4, -0.2) is 20.2 Å². The molecular formula is C12H16O3. The number of carbonyl (C=O) groups excluding carboxylic acids is 1. The van der Waals surface area contributed by atoms with Gasteiger partial charge in [-0.05, 0) is 12.0 Å². The van der Waals surface area contributed by atoms with Crippen molar-refractivity contribution in [1.82, 2.24) is 0 Å².